The van der Waals surface area contributed by atoms with E-state index in [2.05, 4.69) is 11.5 Å². The van der Waals surface area contributed by atoms with E-state index in [4.69, 9.17) is 17.3 Å². The monoisotopic (exact) mass is 485 g/mol. The minimum absolute atomic E-state index is 0.0307. The lowest BCUT2D eigenvalue weighted by atomic mass is 9.62. The van der Waals surface area contributed by atoms with Gasteiger partial charge >= 0.3 is 6.03 Å². The van der Waals surface area contributed by atoms with Crippen molar-refractivity contribution in [2.24, 2.45) is 23.5 Å². The van der Waals surface area contributed by atoms with Crippen LogP contribution >= 0.6 is 22.9 Å². The van der Waals surface area contributed by atoms with Crippen LogP contribution in [0.4, 0.5) is 4.79 Å². The molecule has 7 nitrogen and oxygen atoms in total. The normalized spacial score (nSPS) is 29.0. The fourth-order valence-corrected chi connectivity index (χ4v) is 7.33. The summed E-state index contributed by atoms with van der Waals surface area (Å²) < 4.78 is 1.08. The Kier molecular flexibility index (Phi) is 5.64. The summed E-state index contributed by atoms with van der Waals surface area (Å²) in [6, 6.07) is 6.26. The topological polar surface area (TPSA) is 104 Å². The molecule has 2 bridgehead atoms. The summed E-state index contributed by atoms with van der Waals surface area (Å²) in [6.07, 6.45) is 5.02. The van der Waals surface area contributed by atoms with Crippen LogP contribution in [0.2, 0.25) is 5.02 Å². The van der Waals surface area contributed by atoms with Crippen molar-refractivity contribution in [1.82, 2.24) is 9.80 Å². The van der Waals surface area contributed by atoms with Crippen LogP contribution in [0.1, 0.15) is 17.7 Å². The highest BCUT2D eigenvalue weighted by Gasteiger charge is 2.63. The number of hydrogen-bond donors (Lipinski definition) is 2. The average Bonchev–Trinajstić information content (AvgIpc) is 3.26. The molecule has 5 atom stereocenters. The van der Waals surface area contributed by atoms with Gasteiger partial charge in [0.05, 0.1) is 16.9 Å². The van der Waals surface area contributed by atoms with Gasteiger partial charge in [-0.2, -0.15) is 4.90 Å². The van der Waals surface area contributed by atoms with E-state index in [1.54, 1.807) is 11.3 Å². The molecule has 0 radical (unpaired) electrons. The Labute approximate surface area is 200 Å². The number of imide groups is 3. The molecule has 3 aliphatic heterocycles. The van der Waals surface area contributed by atoms with Crippen molar-refractivity contribution in [3.63, 3.8) is 0 Å². The van der Waals surface area contributed by atoms with Gasteiger partial charge < -0.3 is 10.8 Å². The molecule has 9 heteroatoms. The second-order valence-corrected chi connectivity index (χ2v) is 10.2. The third-order valence-corrected chi connectivity index (χ3v) is 8.81. The number of likely N-dealkylation sites (tertiary alicyclic amines) is 1. The number of fused-ring (bicyclic) bond motifs is 2. The van der Waals surface area contributed by atoms with Gasteiger partial charge in [0.25, 0.3) is 0 Å². The van der Waals surface area contributed by atoms with Crippen molar-refractivity contribution in [2.75, 3.05) is 6.61 Å². The van der Waals surface area contributed by atoms with Crippen LogP contribution in [-0.2, 0) is 16.1 Å². The van der Waals surface area contributed by atoms with Crippen LogP contribution in [0.3, 0.4) is 0 Å². The molecular formula is C24H24ClN3O4S. The summed E-state index contributed by atoms with van der Waals surface area (Å²) in [7, 11) is 0. The molecule has 1 aromatic heterocycles. The van der Waals surface area contributed by atoms with Crippen LogP contribution in [0.25, 0.3) is 10.1 Å². The highest BCUT2D eigenvalue weighted by molar-refractivity contribution is 7.19. The van der Waals surface area contributed by atoms with Gasteiger partial charge in [0, 0.05) is 46.1 Å². The Balaban J connectivity index is 1.58. The second-order valence-electron chi connectivity index (χ2n) is 8.72. The first kappa shape index (κ1) is 22.3. The molecule has 5 unspecified atom stereocenters. The minimum atomic E-state index is -1.04. The molecule has 0 spiro atoms. The summed E-state index contributed by atoms with van der Waals surface area (Å²) in [4.78, 5) is 42.0. The van der Waals surface area contributed by atoms with E-state index >= 15 is 0 Å². The number of hydrogen-bond acceptors (Lipinski definition) is 6. The Bertz CT molecular complexity index is 1210. The summed E-state index contributed by atoms with van der Waals surface area (Å²) >= 11 is 8.32. The standard InChI is InChI=1S/C24H24ClN3O4S/c1-2-14-18-12(6-5-9-29)10-15(19-20(18)23(31)28(22(19)30)24(26)32)27(14)11-17-21(25)13-7-3-4-8-16(13)33-17/h2-4,7-8,10,14-15,18-20,29H,1,5-6,9,11H2,(H2,26,32). The van der Waals surface area contributed by atoms with Gasteiger partial charge in [-0.05, 0) is 18.9 Å². The number of halogens is 1. The third-order valence-electron chi connectivity index (χ3n) is 7.11. The maximum absolute atomic E-state index is 13.2. The number of nitrogens with zero attached hydrogens (tertiary/aromatic N) is 2. The molecule has 6 rings (SSSR count). The first-order chi connectivity index (χ1) is 15.9. The third kappa shape index (κ3) is 3.27. The predicted octanol–water partition coefficient (Wildman–Crippen LogP) is 3.30. The van der Waals surface area contributed by atoms with E-state index in [9.17, 15) is 19.5 Å². The summed E-state index contributed by atoms with van der Waals surface area (Å²) in [5.41, 5.74) is 6.41. The maximum atomic E-state index is 13.2. The quantitative estimate of drug-likeness (QED) is 0.482. The van der Waals surface area contributed by atoms with Crippen LogP contribution < -0.4 is 5.73 Å². The van der Waals surface area contributed by atoms with E-state index in [1.807, 2.05) is 36.4 Å². The lowest BCUT2D eigenvalue weighted by Crippen LogP contribution is -2.61. The van der Waals surface area contributed by atoms with Gasteiger partial charge in [0.1, 0.15) is 0 Å². The summed E-state index contributed by atoms with van der Waals surface area (Å²) in [5.74, 6) is -2.74. The number of urea groups is 1. The smallest absolute Gasteiger partial charge is 0.328 e. The number of aliphatic hydroxyl groups is 1. The largest absolute Gasteiger partial charge is 0.396 e. The van der Waals surface area contributed by atoms with E-state index < -0.39 is 35.7 Å². The molecule has 2 saturated heterocycles. The van der Waals surface area contributed by atoms with Gasteiger partial charge in [-0.25, -0.2) is 4.79 Å². The predicted molar refractivity (Wildman–Crippen MR) is 126 cm³/mol. The lowest BCUT2D eigenvalue weighted by molar-refractivity contribution is -0.136. The first-order valence-electron chi connectivity index (χ1n) is 10.9. The first-order valence-corrected chi connectivity index (χ1v) is 12.1. The Morgan fingerprint density at radius 2 is 1.94 bits per heavy atom. The Hall–Kier alpha value is -2.52. The molecular weight excluding hydrogens is 462 g/mol. The molecule has 3 N–H and O–H groups in total. The number of amides is 4. The van der Waals surface area contributed by atoms with Crippen LogP contribution in [0, 0.1) is 17.8 Å². The molecule has 2 fully saturated rings. The van der Waals surface area contributed by atoms with Gasteiger partial charge in [-0.3, -0.25) is 14.5 Å². The zero-order chi connectivity index (χ0) is 23.4. The van der Waals surface area contributed by atoms with Crippen molar-refractivity contribution in [1.29, 1.82) is 0 Å². The zero-order valence-corrected chi connectivity index (χ0v) is 19.4. The number of rotatable bonds is 6. The molecule has 1 aromatic carbocycles. The lowest BCUT2D eigenvalue weighted by Gasteiger charge is -2.53. The van der Waals surface area contributed by atoms with Crippen LogP contribution in [0.15, 0.2) is 48.6 Å². The molecule has 4 amide bonds. The van der Waals surface area contributed by atoms with E-state index in [0.717, 1.165) is 20.5 Å². The number of primary amides is 1. The molecule has 4 aliphatic rings. The van der Waals surface area contributed by atoms with Crippen molar-refractivity contribution >= 4 is 50.9 Å². The molecule has 2 aromatic rings. The Morgan fingerprint density at radius 3 is 2.61 bits per heavy atom. The van der Waals surface area contributed by atoms with E-state index in [-0.39, 0.29) is 18.6 Å². The fraction of sp³-hybridized carbons (Fsp3) is 0.375. The summed E-state index contributed by atoms with van der Waals surface area (Å²) in [6.45, 7) is 4.56. The number of carbonyl (C=O) groups excluding carboxylic acids is 3. The van der Waals surface area contributed by atoms with Crippen molar-refractivity contribution in [2.45, 2.75) is 31.5 Å². The number of aliphatic hydroxyl groups excluding tert-OH is 1. The van der Waals surface area contributed by atoms with Crippen molar-refractivity contribution < 1.29 is 19.5 Å². The number of piperidine rings is 1. The van der Waals surface area contributed by atoms with Gasteiger partial charge in [-0.15, -0.1) is 17.9 Å². The molecule has 172 valence electrons. The maximum Gasteiger partial charge on any atom is 0.328 e. The second kappa shape index (κ2) is 8.36. The molecule has 33 heavy (non-hydrogen) atoms. The highest BCUT2D eigenvalue weighted by Crippen LogP contribution is 2.53. The number of benzene rings is 1. The molecule has 4 heterocycles. The fourth-order valence-electron chi connectivity index (χ4n) is 5.83. The summed E-state index contributed by atoms with van der Waals surface area (Å²) in [5, 5.41) is 11.0. The zero-order valence-electron chi connectivity index (χ0n) is 17.8. The van der Waals surface area contributed by atoms with Crippen LogP contribution in [0.5, 0.6) is 0 Å². The number of nitrogens with two attached hydrogens (primary N) is 1. The van der Waals surface area contributed by atoms with Crippen molar-refractivity contribution in [3.8, 4) is 0 Å². The Morgan fingerprint density at radius 1 is 1.21 bits per heavy atom. The van der Waals surface area contributed by atoms with Crippen LogP contribution in [-0.4, -0.2) is 51.4 Å². The SMILES string of the molecule is C=CC1C2C(CCCO)=CC(C3C(=O)N(C(N)=O)C(=O)C32)N1Cc1sc2ccccc2c1Cl. The highest BCUT2D eigenvalue weighted by atomic mass is 35.5. The average molecular weight is 486 g/mol. The molecule has 0 saturated carbocycles. The van der Waals surface area contributed by atoms with Gasteiger partial charge in [0.15, 0.2) is 0 Å². The number of carbonyl (C=O) groups is 3. The number of thiophene rings is 1. The minimum Gasteiger partial charge on any atom is -0.396 e. The van der Waals surface area contributed by atoms with E-state index in [0.29, 0.717) is 29.3 Å². The molecule has 1 aliphatic carbocycles. The van der Waals surface area contributed by atoms with Gasteiger partial charge in [0.2, 0.25) is 11.8 Å². The van der Waals surface area contributed by atoms with Crippen molar-refractivity contribution in [3.05, 3.63) is 58.5 Å². The van der Waals surface area contributed by atoms with Gasteiger partial charge in [-0.1, -0.05) is 47.5 Å². The van der Waals surface area contributed by atoms with E-state index in [1.165, 1.54) is 0 Å².